The number of Topliss-reactive ketones (excluding diaryl/α,β-unsaturated/α-hetero) is 2. The van der Waals surface area contributed by atoms with Crippen LogP contribution in [0.2, 0.25) is 0 Å². The molecule has 0 aromatic carbocycles. The van der Waals surface area contributed by atoms with Gasteiger partial charge >= 0.3 is 0 Å². The van der Waals surface area contributed by atoms with Gasteiger partial charge in [-0.1, -0.05) is 19.3 Å². The van der Waals surface area contributed by atoms with E-state index >= 15 is 0 Å². The first kappa shape index (κ1) is 9.43. The summed E-state index contributed by atoms with van der Waals surface area (Å²) in [6, 6.07) is 0. The number of carbonyl (C=O) groups excluding carboxylic acids is 2. The topological polar surface area (TPSA) is 34.1 Å². The minimum absolute atomic E-state index is 0.0573. The zero-order chi connectivity index (χ0) is 8.97. The van der Waals surface area contributed by atoms with Gasteiger partial charge in [-0.25, -0.2) is 0 Å². The quantitative estimate of drug-likeness (QED) is 0.562. The van der Waals surface area contributed by atoms with Gasteiger partial charge in [-0.3, -0.25) is 9.59 Å². The van der Waals surface area contributed by atoms with Crippen molar-refractivity contribution in [2.24, 2.45) is 5.92 Å². The van der Waals surface area contributed by atoms with Gasteiger partial charge < -0.3 is 0 Å². The molecule has 0 radical (unpaired) electrons. The van der Waals surface area contributed by atoms with Crippen LogP contribution in [0.15, 0.2) is 0 Å². The largest absolute Gasteiger partial charge is 0.299 e. The van der Waals surface area contributed by atoms with Gasteiger partial charge in [-0.15, -0.1) is 0 Å². The summed E-state index contributed by atoms with van der Waals surface area (Å²) in [6.07, 6.45) is 5.74. The summed E-state index contributed by atoms with van der Waals surface area (Å²) in [4.78, 5) is 22.4. The lowest BCUT2D eigenvalue weighted by Crippen LogP contribution is -2.22. The molecule has 1 aliphatic rings. The fraction of sp³-hybridized carbons (Fsp3) is 0.800. The Morgan fingerprint density at radius 3 is 2.58 bits per heavy atom. The molecule has 68 valence electrons. The Balaban J connectivity index is 2.55. The van der Waals surface area contributed by atoms with Crippen LogP contribution in [0.3, 0.4) is 0 Å². The summed E-state index contributed by atoms with van der Waals surface area (Å²) in [5.74, 6) is -0.0469. The van der Waals surface area contributed by atoms with Gasteiger partial charge in [0.15, 0.2) is 0 Å². The number of hydrogen-bond acceptors (Lipinski definition) is 2. The monoisotopic (exact) mass is 168 g/mol. The molecule has 2 nitrogen and oxygen atoms in total. The zero-order valence-corrected chi connectivity index (χ0v) is 7.64. The summed E-state index contributed by atoms with van der Waals surface area (Å²) in [5.41, 5.74) is 0. The molecule has 1 fully saturated rings. The Morgan fingerprint density at radius 2 is 1.92 bits per heavy atom. The third-order valence-corrected chi connectivity index (χ3v) is 2.55. The Hall–Kier alpha value is -0.660. The summed E-state index contributed by atoms with van der Waals surface area (Å²) in [7, 11) is 0. The van der Waals surface area contributed by atoms with Crippen molar-refractivity contribution in [2.75, 3.05) is 0 Å². The maximum atomic E-state index is 11.4. The number of carbonyl (C=O) groups is 2. The second-order valence-corrected chi connectivity index (χ2v) is 3.58. The predicted molar refractivity (Wildman–Crippen MR) is 46.9 cm³/mol. The number of hydrogen-bond donors (Lipinski definition) is 0. The van der Waals surface area contributed by atoms with Gasteiger partial charge in [0.1, 0.15) is 11.6 Å². The van der Waals surface area contributed by atoms with Crippen molar-refractivity contribution >= 4 is 11.6 Å². The molecular formula is C10H16O2. The lowest BCUT2D eigenvalue weighted by molar-refractivity contribution is -0.132. The van der Waals surface area contributed by atoms with Crippen molar-refractivity contribution in [3.63, 3.8) is 0 Å². The van der Waals surface area contributed by atoms with E-state index < -0.39 is 0 Å². The molecule has 1 saturated carbocycles. The van der Waals surface area contributed by atoms with Gasteiger partial charge in [0.05, 0.1) is 5.92 Å². The SMILES string of the molecule is CC(=O)C1CCCCCCC1=O. The lowest BCUT2D eigenvalue weighted by atomic mass is 9.88. The van der Waals surface area contributed by atoms with Crippen molar-refractivity contribution < 1.29 is 9.59 Å². The Kier molecular flexibility index (Phi) is 3.45. The molecular weight excluding hydrogens is 152 g/mol. The number of rotatable bonds is 1. The molecule has 0 amide bonds. The zero-order valence-electron chi connectivity index (χ0n) is 7.64. The molecule has 2 heteroatoms. The van der Waals surface area contributed by atoms with Gasteiger partial charge in [-0.05, 0) is 19.8 Å². The average molecular weight is 168 g/mol. The van der Waals surface area contributed by atoms with E-state index in [4.69, 9.17) is 0 Å². The lowest BCUT2D eigenvalue weighted by Gasteiger charge is -2.15. The van der Waals surface area contributed by atoms with E-state index in [9.17, 15) is 9.59 Å². The Labute approximate surface area is 73.3 Å². The first-order chi connectivity index (χ1) is 5.72. The molecule has 1 aliphatic carbocycles. The number of ketones is 2. The van der Waals surface area contributed by atoms with Crippen molar-refractivity contribution in [1.82, 2.24) is 0 Å². The molecule has 0 bridgehead atoms. The van der Waals surface area contributed by atoms with Crippen LogP contribution in [0, 0.1) is 5.92 Å². The first-order valence-electron chi connectivity index (χ1n) is 4.75. The van der Waals surface area contributed by atoms with E-state index in [1.54, 1.807) is 0 Å². The molecule has 12 heavy (non-hydrogen) atoms. The standard InChI is InChI=1S/C10H16O2/c1-8(11)9-6-4-2-3-5-7-10(9)12/h9H,2-7H2,1H3. The van der Waals surface area contributed by atoms with Crippen molar-refractivity contribution in [3.05, 3.63) is 0 Å². The molecule has 1 unspecified atom stereocenters. The molecule has 0 aromatic rings. The van der Waals surface area contributed by atoms with Crippen LogP contribution in [-0.2, 0) is 9.59 Å². The molecule has 0 aromatic heterocycles. The maximum Gasteiger partial charge on any atom is 0.143 e. The highest BCUT2D eigenvalue weighted by Crippen LogP contribution is 2.19. The minimum Gasteiger partial charge on any atom is -0.299 e. The van der Waals surface area contributed by atoms with Crippen LogP contribution in [0.1, 0.15) is 45.4 Å². The second-order valence-electron chi connectivity index (χ2n) is 3.58. The van der Waals surface area contributed by atoms with E-state index in [1.807, 2.05) is 0 Å². The molecule has 0 N–H and O–H groups in total. The smallest absolute Gasteiger partial charge is 0.143 e. The van der Waals surface area contributed by atoms with Gasteiger partial charge in [0.25, 0.3) is 0 Å². The van der Waals surface area contributed by atoms with E-state index in [1.165, 1.54) is 13.3 Å². The van der Waals surface area contributed by atoms with Gasteiger partial charge in [-0.2, -0.15) is 0 Å². The predicted octanol–water partition coefficient (Wildman–Crippen LogP) is 2.11. The van der Waals surface area contributed by atoms with Crippen LogP contribution < -0.4 is 0 Å². The van der Waals surface area contributed by atoms with Crippen LogP contribution in [0.4, 0.5) is 0 Å². The average Bonchev–Trinajstić information content (AvgIpc) is 1.96. The minimum atomic E-state index is -0.273. The normalized spacial score (nSPS) is 26.1. The van der Waals surface area contributed by atoms with Crippen LogP contribution in [0.25, 0.3) is 0 Å². The van der Waals surface area contributed by atoms with Gasteiger partial charge in [0.2, 0.25) is 0 Å². The molecule has 0 heterocycles. The summed E-state index contributed by atoms with van der Waals surface area (Å²) in [5, 5.41) is 0. The molecule has 1 atom stereocenters. The molecule has 0 spiro atoms. The molecule has 1 rings (SSSR count). The van der Waals surface area contributed by atoms with Crippen molar-refractivity contribution in [1.29, 1.82) is 0 Å². The van der Waals surface area contributed by atoms with E-state index in [-0.39, 0.29) is 17.5 Å². The third kappa shape index (κ3) is 2.43. The van der Waals surface area contributed by atoms with Crippen molar-refractivity contribution in [2.45, 2.75) is 45.4 Å². The van der Waals surface area contributed by atoms with Crippen LogP contribution in [-0.4, -0.2) is 11.6 Å². The Bertz CT molecular complexity index is 184. The van der Waals surface area contributed by atoms with Crippen LogP contribution >= 0.6 is 0 Å². The van der Waals surface area contributed by atoms with E-state index in [2.05, 4.69) is 0 Å². The van der Waals surface area contributed by atoms with E-state index in [0.717, 1.165) is 25.7 Å². The summed E-state index contributed by atoms with van der Waals surface area (Å²) < 4.78 is 0. The third-order valence-electron chi connectivity index (χ3n) is 2.55. The molecule has 0 saturated heterocycles. The van der Waals surface area contributed by atoms with Crippen molar-refractivity contribution in [3.8, 4) is 0 Å². The fourth-order valence-corrected chi connectivity index (χ4v) is 1.77. The highest BCUT2D eigenvalue weighted by molar-refractivity contribution is 6.01. The maximum absolute atomic E-state index is 11.4. The fourth-order valence-electron chi connectivity index (χ4n) is 1.77. The highest BCUT2D eigenvalue weighted by Gasteiger charge is 2.23. The molecule has 0 aliphatic heterocycles. The van der Waals surface area contributed by atoms with Gasteiger partial charge in [0, 0.05) is 6.42 Å². The van der Waals surface area contributed by atoms with E-state index in [0.29, 0.717) is 6.42 Å². The van der Waals surface area contributed by atoms with Crippen LogP contribution in [0.5, 0.6) is 0 Å². The second kappa shape index (κ2) is 4.39. The Morgan fingerprint density at radius 1 is 1.25 bits per heavy atom. The first-order valence-corrected chi connectivity index (χ1v) is 4.75. The summed E-state index contributed by atoms with van der Waals surface area (Å²) >= 11 is 0. The highest BCUT2D eigenvalue weighted by atomic mass is 16.1. The summed E-state index contributed by atoms with van der Waals surface area (Å²) in [6.45, 7) is 1.53.